The smallest absolute Gasteiger partial charge is 0.0480 e. The molecule has 3 rings (SSSR count). The van der Waals surface area contributed by atoms with Gasteiger partial charge in [0.05, 0.1) is 0 Å². The fraction of sp³-hybridized carbons (Fsp3) is 0.615. The van der Waals surface area contributed by atoms with E-state index in [2.05, 4.69) is 24.4 Å². The van der Waals surface area contributed by atoms with Gasteiger partial charge < -0.3 is 5.32 Å². The number of pyridine rings is 1. The predicted octanol–water partition coefficient (Wildman–Crippen LogP) is 2.21. The average Bonchev–Trinajstić information content (AvgIpc) is 3.06. The van der Waals surface area contributed by atoms with Crippen LogP contribution in [0.5, 0.6) is 0 Å². The fourth-order valence-electron chi connectivity index (χ4n) is 2.40. The molecule has 2 heteroatoms. The van der Waals surface area contributed by atoms with Gasteiger partial charge in [0.15, 0.2) is 0 Å². The summed E-state index contributed by atoms with van der Waals surface area (Å²) in [5.74, 6) is 1.35. The minimum absolute atomic E-state index is 0.571. The van der Waals surface area contributed by atoms with Gasteiger partial charge in [-0.2, -0.15) is 0 Å². The molecule has 1 aliphatic heterocycles. The molecule has 0 bridgehead atoms. The van der Waals surface area contributed by atoms with E-state index in [0.29, 0.717) is 5.92 Å². The second-order valence-electron chi connectivity index (χ2n) is 4.91. The number of nitrogens with one attached hydrogen (secondary N) is 1. The maximum Gasteiger partial charge on any atom is 0.0480 e. The molecule has 1 N–H and O–H groups in total. The SMILES string of the molecule is CC1CNCCc2ccc(C3CC3)nc21. The van der Waals surface area contributed by atoms with E-state index < -0.39 is 0 Å². The zero-order valence-corrected chi connectivity index (χ0v) is 9.29. The van der Waals surface area contributed by atoms with E-state index in [-0.39, 0.29) is 0 Å². The molecule has 0 radical (unpaired) electrons. The zero-order valence-electron chi connectivity index (χ0n) is 9.29. The van der Waals surface area contributed by atoms with Gasteiger partial charge in [0.25, 0.3) is 0 Å². The Kier molecular flexibility index (Phi) is 2.24. The van der Waals surface area contributed by atoms with E-state index in [1.807, 2.05) is 0 Å². The second kappa shape index (κ2) is 3.60. The highest BCUT2D eigenvalue weighted by Crippen LogP contribution is 2.39. The Morgan fingerprint density at radius 1 is 1.33 bits per heavy atom. The number of hydrogen-bond donors (Lipinski definition) is 1. The summed E-state index contributed by atoms with van der Waals surface area (Å²) in [6.45, 7) is 4.46. The van der Waals surface area contributed by atoms with Crippen molar-refractivity contribution in [3.63, 3.8) is 0 Å². The van der Waals surface area contributed by atoms with Crippen molar-refractivity contribution in [1.29, 1.82) is 0 Å². The summed E-state index contributed by atoms with van der Waals surface area (Å²) in [7, 11) is 0. The summed E-state index contributed by atoms with van der Waals surface area (Å²) in [4.78, 5) is 4.88. The van der Waals surface area contributed by atoms with Gasteiger partial charge in [-0.15, -0.1) is 0 Å². The normalized spacial score (nSPS) is 25.8. The van der Waals surface area contributed by atoms with Gasteiger partial charge in [0.2, 0.25) is 0 Å². The lowest BCUT2D eigenvalue weighted by molar-refractivity contribution is 0.634. The number of aromatic nitrogens is 1. The Labute approximate surface area is 91.1 Å². The van der Waals surface area contributed by atoms with E-state index >= 15 is 0 Å². The van der Waals surface area contributed by atoms with Crippen molar-refractivity contribution in [1.82, 2.24) is 10.3 Å². The van der Waals surface area contributed by atoms with E-state index in [4.69, 9.17) is 4.98 Å². The number of fused-ring (bicyclic) bond motifs is 1. The highest BCUT2D eigenvalue weighted by molar-refractivity contribution is 5.30. The molecule has 1 unspecified atom stereocenters. The zero-order chi connectivity index (χ0) is 10.3. The van der Waals surface area contributed by atoms with Crippen LogP contribution in [0.3, 0.4) is 0 Å². The third-order valence-corrected chi connectivity index (χ3v) is 3.52. The van der Waals surface area contributed by atoms with Crippen molar-refractivity contribution >= 4 is 0 Å². The molecule has 1 aromatic heterocycles. The minimum Gasteiger partial charge on any atom is -0.316 e. The third kappa shape index (κ3) is 1.78. The minimum atomic E-state index is 0.571. The van der Waals surface area contributed by atoms with Gasteiger partial charge in [-0.05, 0) is 37.4 Å². The molecule has 0 saturated heterocycles. The Morgan fingerprint density at radius 2 is 2.20 bits per heavy atom. The van der Waals surface area contributed by atoms with Gasteiger partial charge >= 0.3 is 0 Å². The van der Waals surface area contributed by atoms with E-state index in [1.165, 1.54) is 29.8 Å². The lowest BCUT2D eigenvalue weighted by atomic mass is 10.0. The Bertz CT molecular complexity index is 369. The van der Waals surface area contributed by atoms with Crippen LogP contribution in [0.25, 0.3) is 0 Å². The summed E-state index contributed by atoms with van der Waals surface area (Å²) in [6.07, 6.45) is 3.83. The Morgan fingerprint density at radius 3 is 3.00 bits per heavy atom. The molecule has 1 aliphatic carbocycles. The highest BCUT2D eigenvalue weighted by Gasteiger charge is 2.26. The quantitative estimate of drug-likeness (QED) is 0.755. The van der Waals surface area contributed by atoms with Gasteiger partial charge in [-0.3, -0.25) is 4.98 Å². The van der Waals surface area contributed by atoms with Gasteiger partial charge in [-0.25, -0.2) is 0 Å². The first-order valence-corrected chi connectivity index (χ1v) is 6.05. The van der Waals surface area contributed by atoms with E-state index in [1.54, 1.807) is 0 Å². The van der Waals surface area contributed by atoms with Crippen LogP contribution in [0.2, 0.25) is 0 Å². The van der Waals surface area contributed by atoms with Crippen LogP contribution < -0.4 is 5.32 Å². The number of hydrogen-bond acceptors (Lipinski definition) is 2. The molecular formula is C13H18N2. The van der Waals surface area contributed by atoms with E-state index in [9.17, 15) is 0 Å². The molecule has 2 nitrogen and oxygen atoms in total. The molecular weight excluding hydrogens is 184 g/mol. The molecule has 2 heterocycles. The predicted molar refractivity (Wildman–Crippen MR) is 61.2 cm³/mol. The van der Waals surface area contributed by atoms with Gasteiger partial charge in [-0.1, -0.05) is 13.0 Å². The van der Waals surface area contributed by atoms with Crippen molar-refractivity contribution in [2.45, 2.75) is 38.0 Å². The Balaban J connectivity index is 1.99. The topological polar surface area (TPSA) is 24.9 Å². The summed E-state index contributed by atoms with van der Waals surface area (Å²) < 4.78 is 0. The van der Waals surface area contributed by atoms with Gasteiger partial charge in [0.1, 0.15) is 0 Å². The van der Waals surface area contributed by atoms with Crippen LogP contribution >= 0.6 is 0 Å². The molecule has 0 aromatic carbocycles. The van der Waals surface area contributed by atoms with Crippen molar-refractivity contribution < 1.29 is 0 Å². The van der Waals surface area contributed by atoms with Crippen LogP contribution in [0.1, 0.15) is 48.6 Å². The van der Waals surface area contributed by atoms with Crippen molar-refractivity contribution in [2.24, 2.45) is 0 Å². The molecule has 1 saturated carbocycles. The monoisotopic (exact) mass is 202 g/mol. The molecule has 80 valence electrons. The van der Waals surface area contributed by atoms with E-state index in [0.717, 1.165) is 25.4 Å². The first-order valence-electron chi connectivity index (χ1n) is 6.05. The summed E-state index contributed by atoms with van der Waals surface area (Å²) in [6, 6.07) is 4.55. The maximum absolute atomic E-state index is 4.88. The first-order chi connectivity index (χ1) is 7.34. The first kappa shape index (κ1) is 9.34. The lowest BCUT2D eigenvalue weighted by Crippen LogP contribution is -2.18. The molecule has 1 atom stereocenters. The largest absolute Gasteiger partial charge is 0.316 e. The molecule has 2 aliphatic rings. The standard InChI is InChI=1S/C13H18N2/c1-9-8-14-7-6-11-4-5-12(10-2-3-10)15-13(9)11/h4-5,9-10,14H,2-3,6-8H2,1H3. The van der Waals surface area contributed by atoms with Crippen LogP contribution in [-0.2, 0) is 6.42 Å². The highest BCUT2D eigenvalue weighted by atomic mass is 14.9. The molecule has 0 spiro atoms. The number of rotatable bonds is 1. The van der Waals surface area contributed by atoms with Crippen molar-refractivity contribution in [3.05, 3.63) is 29.1 Å². The summed E-state index contributed by atoms with van der Waals surface area (Å²) in [5, 5.41) is 3.47. The van der Waals surface area contributed by atoms with Crippen LogP contribution in [-0.4, -0.2) is 18.1 Å². The number of nitrogens with zero attached hydrogens (tertiary/aromatic N) is 1. The fourth-order valence-corrected chi connectivity index (χ4v) is 2.40. The van der Waals surface area contributed by atoms with Crippen molar-refractivity contribution in [3.8, 4) is 0 Å². The second-order valence-corrected chi connectivity index (χ2v) is 4.91. The molecule has 15 heavy (non-hydrogen) atoms. The van der Waals surface area contributed by atoms with Crippen LogP contribution in [0.15, 0.2) is 12.1 Å². The van der Waals surface area contributed by atoms with Crippen LogP contribution in [0.4, 0.5) is 0 Å². The molecule has 1 aromatic rings. The third-order valence-electron chi connectivity index (χ3n) is 3.52. The average molecular weight is 202 g/mol. The van der Waals surface area contributed by atoms with Gasteiger partial charge in [0, 0.05) is 29.8 Å². The van der Waals surface area contributed by atoms with Crippen LogP contribution in [0, 0.1) is 0 Å². The molecule has 0 amide bonds. The maximum atomic E-state index is 4.88. The van der Waals surface area contributed by atoms with Crippen molar-refractivity contribution in [2.75, 3.05) is 13.1 Å². The Hall–Kier alpha value is -0.890. The summed E-state index contributed by atoms with van der Waals surface area (Å²) in [5.41, 5.74) is 4.14. The lowest BCUT2D eigenvalue weighted by Gasteiger charge is -2.12. The molecule has 1 fully saturated rings. The summed E-state index contributed by atoms with van der Waals surface area (Å²) >= 11 is 0.